The largest absolute Gasteiger partial charge is 0.435 e. The third-order valence-electron chi connectivity index (χ3n) is 3.10. The Hall–Kier alpha value is -3.00. The molecule has 4 nitrogen and oxygen atoms in total. The maximum Gasteiger partial charge on any atom is 0.230 e. The van der Waals surface area contributed by atoms with Gasteiger partial charge in [-0.05, 0) is 36.8 Å². The van der Waals surface area contributed by atoms with Gasteiger partial charge < -0.3 is 4.74 Å². The van der Waals surface area contributed by atoms with Crippen molar-refractivity contribution >= 4 is 10.9 Å². The zero-order valence-electron chi connectivity index (χ0n) is 11.2. The number of nitrogens with zero attached hydrogens (tertiary/aromatic N) is 3. The van der Waals surface area contributed by atoms with E-state index in [1.165, 1.54) is 18.5 Å². The van der Waals surface area contributed by atoms with E-state index in [9.17, 15) is 4.39 Å². The van der Waals surface area contributed by atoms with Crippen LogP contribution in [0, 0.1) is 24.1 Å². The summed E-state index contributed by atoms with van der Waals surface area (Å²) in [5.74, 6) is -0.284. The molecule has 21 heavy (non-hydrogen) atoms. The topological polar surface area (TPSA) is 58.8 Å². The number of rotatable bonds is 2. The van der Waals surface area contributed by atoms with Crippen LogP contribution in [-0.4, -0.2) is 9.97 Å². The van der Waals surface area contributed by atoms with E-state index in [1.807, 2.05) is 31.2 Å². The second kappa shape index (κ2) is 5.17. The second-order valence-electron chi connectivity index (χ2n) is 4.51. The summed E-state index contributed by atoms with van der Waals surface area (Å²) in [6, 6.07) is 11.6. The van der Waals surface area contributed by atoms with Crippen molar-refractivity contribution in [2.24, 2.45) is 0 Å². The van der Waals surface area contributed by atoms with Crippen molar-refractivity contribution in [2.45, 2.75) is 6.92 Å². The van der Waals surface area contributed by atoms with Crippen LogP contribution in [-0.2, 0) is 0 Å². The summed E-state index contributed by atoms with van der Waals surface area (Å²) in [7, 11) is 0. The number of aryl methyl sites for hydroxylation is 1. The van der Waals surface area contributed by atoms with Gasteiger partial charge in [0.25, 0.3) is 0 Å². The fourth-order valence-electron chi connectivity index (χ4n) is 2.08. The highest BCUT2D eigenvalue weighted by molar-refractivity contribution is 5.86. The van der Waals surface area contributed by atoms with E-state index < -0.39 is 5.82 Å². The Kier molecular flexibility index (Phi) is 3.20. The van der Waals surface area contributed by atoms with E-state index in [0.717, 1.165) is 22.5 Å². The first-order valence-electron chi connectivity index (χ1n) is 6.27. The van der Waals surface area contributed by atoms with Crippen molar-refractivity contribution in [2.75, 3.05) is 0 Å². The fourth-order valence-corrected chi connectivity index (χ4v) is 2.08. The summed E-state index contributed by atoms with van der Waals surface area (Å²) in [5, 5.41) is 9.48. The lowest BCUT2D eigenvalue weighted by Gasteiger charge is -2.09. The van der Waals surface area contributed by atoms with Crippen LogP contribution in [0.25, 0.3) is 10.9 Å². The summed E-state index contributed by atoms with van der Waals surface area (Å²) in [6.07, 6.45) is 1.37. The molecule has 3 aromatic rings. The van der Waals surface area contributed by atoms with Gasteiger partial charge in [-0.3, -0.25) is 0 Å². The molecule has 0 fully saturated rings. The molecular formula is C16H10FN3O. The van der Waals surface area contributed by atoms with Gasteiger partial charge in [0.15, 0.2) is 11.6 Å². The molecule has 2 aromatic carbocycles. The van der Waals surface area contributed by atoms with Gasteiger partial charge in [-0.15, -0.1) is 0 Å². The van der Waals surface area contributed by atoms with Crippen LogP contribution in [0.15, 0.2) is 42.7 Å². The minimum absolute atomic E-state index is 0.0252. The molecule has 1 heterocycles. The van der Waals surface area contributed by atoms with Gasteiger partial charge in [0.1, 0.15) is 6.33 Å². The number of hydrogen-bond acceptors (Lipinski definition) is 4. The van der Waals surface area contributed by atoms with Gasteiger partial charge in [0, 0.05) is 0 Å². The zero-order chi connectivity index (χ0) is 14.8. The van der Waals surface area contributed by atoms with Crippen LogP contribution in [0.3, 0.4) is 0 Å². The van der Waals surface area contributed by atoms with Crippen molar-refractivity contribution < 1.29 is 9.13 Å². The van der Waals surface area contributed by atoms with Gasteiger partial charge >= 0.3 is 0 Å². The fraction of sp³-hybridized carbons (Fsp3) is 0.0625. The Morgan fingerprint density at radius 2 is 2.05 bits per heavy atom. The van der Waals surface area contributed by atoms with Crippen LogP contribution in [0.2, 0.25) is 0 Å². The lowest BCUT2D eigenvalue weighted by molar-refractivity contribution is 0.431. The first-order valence-corrected chi connectivity index (χ1v) is 6.27. The number of benzene rings is 2. The molecule has 0 atom stereocenters. The zero-order valence-corrected chi connectivity index (χ0v) is 11.2. The first-order chi connectivity index (χ1) is 10.2. The van der Waals surface area contributed by atoms with Gasteiger partial charge in [-0.25, -0.2) is 14.4 Å². The molecule has 5 heteroatoms. The third kappa shape index (κ3) is 2.39. The van der Waals surface area contributed by atoms with Crippen molar-refractivity contribution in [3.8, 4) is 17.7 Å². The van der Waals surface area contributed by atoms with Crippen LogP contribution in [0.1, 0.15) is 11.1 Å². The summed E-state index contributed by atoms with van der Waals surface area (Å²) >= 11 is 0. The Morgan fingerprint density at radius 1 is 1.19 bits per heavy atom. The standard InChI is InChI=1S/C16H10FN3O/c1-10-3-2-4-13-15(10)16(20-9-19-13)21-14-6-5-11(8-18)7-12(14)17/h2-7,9H,1H3. The van der Waals surface area contributed by atoms with E-state index in [-0.39, 0.29) is 11.3 Å². The summed E-state index contributed by atoms with van der Waals surface area (Å²) < 4.78 is 19.5. The van der Waals surface area contributed by atoms with Gasteiger partial charge in [-0.1, -0.05) is 12.1 Å². The lowest BCUT2D eigenvalue weighted by atomic mass is 10.1. The van der Waals surface area contributed by atoms with Crippen molar-refractivity contribution in [3.05, 3.63) is 59.7 Å². The van der Waals surface area contributed by atoms with Crippen molar-refractivity contribution in [1.29, 1.82) is 5.26 Å². The molecule has 0 saturated heterocycles. The Bertz CT molecular complexity index is 866. The monoisotopic (exact) mass is 279 g/mol. The lowest BCUT2D eigenvalue weighted by Crippen LogP contribution is -1.95. The molecule has 0 amide bonds. The van der Waals surface area contributed by atoms with E-state index >= 15 is 0 Å². The highest BCUT2D eigenvalue weighted by atomic mass is 19.1. The number of ether oxygens (including phenoxy) is 1. The number of aromatic nitrogens is 2. The molecular weight excluding hydrogens is 269 g/mol. The smallest absolute Gasteiger partial charge is 0.230 e. The van der Waals surface area contributed by atoms with Gasteiger partial charge in [0.2, 0.25) is 5.88 Å². The Morgan fingerprint density at radius 3 is 2.81 bits per heavy atom. The maximum atomic E-state index is 13.9. The summed E-state index contributed by atoms with van der Waals surface area (Å²) in [6.45, 7) is 1.91. The first kappa shape index (κ1) is 13.0. The van der Waals surface area contributed by atoms with E-state index in [0.29, 0.717) is 5.88 Å². The molecule has 3 rings (SSSR count). The predicted octanol–water partition coefficient (Wildman–Crippen LogP) is 3.74. The van der Waals surface area contributed by atoms with Gasteiger partial charge in [0.05, 0.1) is 22.5 Å². The quantitative estimate of drug-likeness (QED) is 0.717. The second-order valence-corrected chi connectivity index (χ2v) is 4.51. The predicted molar refractivity (Wildman–Crippen MR) is 75.5 cm³/mol. The average Bonchev–Trinajstić information content (AvgIpc) is 2.49. The average molecular weight is 279 g/mol. The Labute approximate surface area is 120 Å². The highest BCUT2D eigenvalue weighted by Gasteiger charge is 2.11. The minimum atomic E-state index is -0.602. The van der Waals surface area contributed by atoms with Crippen LogP contribution in [0.5, 0.6) is 11.6 Å². The molecule has 0 radical (unpaired) electrons. The Balaban J connectivity index is 2.09. The van der Waals surface area contributed by atoms with Crippen molar-refractivity contribution in [1.82, 2.24) is 9.97 Å². The van der Waals surface area contributed by atoms with E-state index in [1.54, 1.807) is 0 Å². The number of hydrogen-bond donors (Lipinski definition) is 0. The molecule has 0 aliphatic carbocycles. The number of nitriles is 1. The normalized spacial score (nSPS) is 10.3. The van der Waals surface area contributed by atoms with Crippen LogP contribution in [0.4, 0.5) is 4.39 Å². The molecule has 0 spiro atoms. The van der Waals surface area contributed by atoms with Crippen LogP contribution < -0.4 is 4.74 Å². The summed E-state index contributed by atoms with van der Waals surface area (Å²) in [4.78, 5) is 8.25. The molecule has 0 unspecified atom stereocenters. The third-order valence-corrected chi connectivity index (χ3v) is 3.10. The number of halogens is 1. The maximum absolute atomic E-state index is 13.9. The number of fused-ring (bicyclic) bond motifs is 1. The summed E-state index contributed by atoms with van der Waals surface area (Å²) in [5.41, 5.74) is 1.91. The molecule has 0 aliphatic rings. The minimum Gasteiger partial charge on any atom is -0.435 e. The molecule has 0 N–H and O–H groups in total. The van der Waals surface area contributed by atoms with E-state index in [4.69, 9.17) is 10.00 Å². The van der Waals surface area contributed by atoms with Crippen molar-refractivity contribution in [3.63, 3.8) is 0 Å². The highest BCUT2D eigenvalue weighted by Crippen LogP contribution is 2.30. The SMILES string of the molecule is Cc1cccc2ncnc(Oc3ccc(C#N)cc3F)c12. The molecule has 0 aliphatic heterocycles. The molecule has 102 valence electrons. The molecule has 1 aromatic heterocycles. The molecule has 0 saturated carbocycles. The van der Waals surface area contributed by atoms with E-state index in [2.05, 4.69) is 9.97 Å². The molecule has 0 bridgehead atoms. The van der Waals surface area contributed by atoms with Gasteiger partial charge in [-0.2, -0.15) is 5.26 Å². The van der Waals surface area contributed by atoms with Crippen LogP contribution >= 0.6 is 0 Å².